The van der Waals surface area contributed by atoms with Crippen molar-refractivity contribution in [3.8, 4) is 0 Å². The van der Waals surface area contributed by atoms with Crippen LogP contribution in [0.25, 0.3) is 0 Å². The van der Waals surface area contributed by atoms with Gasteiger partial charge in [0.05, 0.1) is 0 Å². The van der Waals surface area contributed by atoms with E-state index < -0.39 is 5.60 Å². The van der Waals surface area contributed by atoms with Gasteiger partial charge in [0.1, 0.15) is 5.60 Å². The molecule has 6 heteroatoms. The third-order valence-corrected chi connectivity index (χ3v) is 6.76. The second kappa shape index (κ2) is 10.5. The predicted molar refractivity (Wildman–Crippen MR) is 132 cm³/mol. The summed E-state index contributed by atoms with van der Waals surface area (Å²) in [6, 6.07) is 10.8. The molecule has 2 aliphatic heterocycles. The number of nitrogens with zero attached hydrogens (tertiary/aromatic N) is 3. The van der Waals surface area contributed by atoms with Crippen LogP contribution in [0.2, 0.25) is 0 Å². The summed E-state index contributed by atoms with van der Waals surface area (Å²) in [5.41, 5.74) is 0.862. The van der Waals surface area contributed by atoms with E-state index in [0.29, 0.717) is 25.4 Å². The average molecular weight is 458 g/mol. The first-order valence-corrected chi connectivity index (χ1v) is 12.5. The van der Waals surface area contributed by atoms with Crippen LogP contribution in [-0.2, 0) is 16.1 Å². The fraction of sp³-hybridized carbons (Fsp3) is 0.704. The zero-order chi connectivity index (χ0) is 24.2. The first-order chi connectivity index (χ1) is 15.4. The molecule has 1 aromatic rings. The van der Waals surface area contributed by atoms with E-state index in [1.54, 1.807) is 4.90 Å². The summed E-state index contributed by atoms with van der Waals surface area (Å²) in [6.45, 7) is 17.2. The molecule has 2 heterocycles. The quantitative estimate of drug-likeness (QED) is 0.653. The number of carbonyl (C=O) groups excluding carboxylic acids is 2. The zero-order valence-corrected chi connectivity index (χ0v) is 21.5. The van der Waals surface area contributed by atoms with Gasteiger partial charge in [-0.2, -0.15) is 0 Å². The number of rotatable bonds is 4. The number of hydrogen-bond acceptors (Lipinski definition) is 4. The Morgan fingerprint density at radius 3 is 2.15 bits per heavy atom. The Kier molecular flexibility index (Phi) is 8.09. The highest BCUT2D eigenvalue weighted by Crippen LogP contribution is 2.31. The highest BCUT2D eigenvalue weighted by Gasteiger charge is 2.38. The molecule has 0 bridgehead atoms. The summed E-state index contributed by atoms with van der Waals surface area (Å²) in [4.78, 5) is 32.1. The minimum atomic E-state index is -0.478. The minimum absolute atomic E-state index is 0.0189. The molecule has 0 aromatic heterocycles. The van der Waals surface area contributed by atoms with E-state index in [0.717, 1.165) is 39.0 Å². The monoisotopic (exact) mass is 457 g/mol. The molecule has 0 unspecified atom stereocenters. The predicted octanol–water partition coefficient (Wildman–Crippen LogP) is 4.78. The summed E-state index contributed by atoms with van der Waals surface area (Å²) in [6.07, 6.45) is 2.06. The molecule has 1 atom stereocenters. The maximum Gasteiger partial charge on any atom is 0.410 e. The molecule has 6 nitrogen and oxygen atoms in total. The number of benzene rings is 1. The van der Waals surface area contributed by atoms with Crippen LogP contribution in [0, 0.1) is 11.3 Å². The lowest BCUT2D eigenvalue weighted by Gasteiger charge is -2.48. The third-order valence-electron chi connectivity index (χ3n) is 6.76. The van der Waals surface area contributed by atoms with Crippen molar-refractivity contribution in [1.29, 1.82) is 0 Å². The fourth-order valence-corrected chi connectivity index (χ4v) is 4.87. The van der Waals surface area contributed by atoms with Gasteiger partial charge in [0.2, 0.25) is 5.91 Å². The van der Waals surface area contributed by atoms with Crippen LogP contribution in [0.1, 0.15) is 66.4 Å². The topological polar surface area (TPSA) is 53.1 Å². The standard InChI is InChI=1S/C27H43N3O3/c1-26(2,3)23-20-28(19-22-10-8-7-9-11-22)16-17-30(23)24(31)18-21-12-14-29(15-13-21)25(32)33-27(4,5)6/h7-11,21,23H,12-20H2,1-6H3/t23-/m1/s1. The van der Waals surface area contributed by atoms with Gasteiger partial charge in [0.15, 0.2) is 0 Å². The lowest BCUT2D eigenvalue weighted by atomic mass is 9.83. The molecule has 2 fully saturated rings. The Balaban J connectivity index is 1.54. The van der Waals surface area contributed by atoms with Crippen LogP contribution >= 0.6 is 0 Å². The fourth-order valence-electron chi connectivity index (χ4n) is 4.87. The van der Waals surface area contributed by atoms with E-state index in [1.165, 1.54) is 5.56 Å². The molecular formula is C27H43N3O3. The van der Waals surface area contributed by atoms with Crippen molar-refractivity contribution in [2.75, 3.05) is 32.7 Å². The molecule has 0 radical (unpaired) electrons. The van der Waals surface area contributed by atoms with E-state index in [1.807, 2.05) is 20.8 Å². The van der Waals surface area contributed by atoms with Crippen molar-refractivity contribution in [3.63, 3.8) is 0 Å². The van der Waals surface area contributed by atoms with Gasteiger partial charge in [0, 0.05) is 51.7 Å². The highest BCUT2D eigenvalue weighted by molar-refractivity contribution is 5.77. The van der Waals surface area contributed by atoms with Gasteiger partial charge in [0.25, 0.3) is 0 Å². The van der Waals surface area contributed by atoms with Gasteiger partial charge in [-0.15, -0.1) is 0 Å². The SMILES string of the molecule is CC(C)(C)OC(=O)N1CCC(CC(=O)N2CCN(Cc3ccccc3)C[C@@H]2C(C)(C)C)CC1. The summed E-state index contributed by atoms with van der Waals surface area (Å²) in [7, 11) is 0. The Hall–Kier alpha value is -2.08. The van der Waals surface area contributed by atoms with Crippen molar-refractivity contribution >= 4 is 12.0 Å². The Labute approximate surface area is 200 Å². The molecule has 2 saturated heterocycles. The summed E-state index contributed by atoms with van der Waals surface area (Å²) < 4.78 is 5.50. The molecule has 0 spiro atoms. The van der Waals surface area contributed by atoms with Crippen LogP contribution in [0.3, 0.4) is 0 Å². The van der Waals surface area contributed by atoms with Crippen LogP contribution in [-0.4, -0.2) is 71.1 Å². The van der Waals surface area contributed by atoms with E-state index in [9.17, 15) is 9.59 Å². The number of ether oxygens (including phenoxy) is 1. The number of carbonyl (C=O) groups is 2. The summed E-state index contributed by atoms with van der Waals surface area (Å²) >= 11 is 0. The Morgan fingerprint density at radius 1 is 0.939 bits per heavy atom. The van der Waals surface area contributed by atoms with E-state index in [4.69, 9.17) is 4.74 Å². The molecule has 0 saturated carbocycles. The van der Waals surface area contributed by atoms with Gasteiger partial charge in [-0.05, 0) is 50.5 Å². The van der Waals surface area contributed by atoms with Gasteiger partial charge in [-0.3, -0.25) is 9.69 Å². The highest BCUT2D eigenvalue weighted by atomic mass is 16.6. The van der Waals surface area contributed by atoms with Crippen molar-refractivity contribution < 1.29 is 14.3 Å². The smallest absolute Gasteiger partial charge is 0.410 e. The maximum atomic E-state index is 13.4. The lowest BCUT2D eigenvalue weighted by molar-refractivity contribution is -0.141. The Morgan fingerprint density at radius 2 is 1.58 bits per heavy atom. The molecule has 2 aliphatic rings. The third kappa shape index (κ3) is 7.46. The van der Waals surface area contributed by atoms with Gasteiger partial charge in [-0.1, -0.05) is 51.1 Å². The van der Waals surface area contributed by atoms with Crippen molar-refractivity contribution in [3.05, 3.63) is 35.9 Å². The normalized spacial score (nSPS) is 21.2. The van der Waals surface area contributed by atoms with Gasteiger partial charge in [-0.25, -0.2) is 4.79 Å². The Bertz CT molecular complexity index is 789. The van der Waals surface area contributed by atoms with Crippen molar-refractivity contribution in [1.82, 2.24) is 14.7 Å². The van der Waals surface area contributed by atoms with E-state index >= 15 is 0 Å². The first-order valence-electron chi connectivity index (χ1n) is 12.5. The second-order valence-electron chi connectivity index (χ2n) is 11.8. The van der Waals surface area contributed by atoms with Gasteiger partial charge >= 0.3 is 6.09 Å². The first kappa shape index (κ1) is 25.5. The lowest BCUT2D eigenvalue weighted by Crippen LogP contribution is -2.59. The molecule has 184 valence electrons. The largest absolute Gasteiger partial charge is 0.444 e. The number of hydrogen-bond donors (Lipinski definition) is 0. The van der Waals surface area contributed by atoms with E-state index in [2.05, 4.69) is 60.9 Å². The molecule has 1 aromatic carbocycles. The number of piperidine rings is 1. The van der Waals surface area contributed by atoms with Gasteiger partial charge < -0.3 is 14.5 Å². The van der Waals surface area contributed by atoms with Crippen molar-refractivity contribution in [2.24, 2.45) is 11.3 Å². The maximum absolute atomic E-state index is 13.4. The van der Waals surface area contributed by atoms with Crippen LogP contribution in [0.5, 0.6) is 0 Å². The van der Waals surface area contributed by atoms with Crippen LogP contribution in [0.15, 0.2) is 30.3 Å². The molecule has 33 heavy (non-hydrogen) atoms. The van der Waals surface area contributed by atoms with Crippen LogP contribution in [0.4, 0.5) is 4.79 Å². The number of amides is 2. The molecular weight excluding hydrogens is 414 g/mol. The molecule has 2 amide bonds. The number of likely N-dealkylation sites (tertiary alicyclic amines) is 1. The van der Waals surface area contributed by atoms with Crippen molar-refractivity contribution in [2.45, 2.75) is 79.0 Å². The molecule has 0 N–H and O–H groups in total. The minimum Gasteiger partial charge on any atom is -0.444 e. The van der Waals surface area contributed by atoms with Crippen LogP contribution < -0.4 is 0 Å². The number of piperazine rings is 1. The van der Waals surface area contributed by atoms with E-state index in [-0.39, 0.29) is 23.5 Å². The average Bonchev–Trinajstić information content (AvgIpc) is 2.73. The summed E-state index contributed by atoms with van der Waals surface area (Å²) in [5, 5.41) is 0. The molecule has 3 rings (SSSR count). The second-order valence-corrected chi connectivity index (χ2v) is 11.8. The molecule has 0 aliphatic carbocycles. The zero-order valence-electron chi connectivity index (χ0n) is 21.5. The summed E-state index contributed by atoms with van der Waals surface area (Å²) in [5.74, 6) is 0.601.